The number of aromatic nitrogens is 2. The van der Waals surface area contributed by atoms with E-state index in [0.717, 1.165) is 22.3 Å². The number of anilines is 1. The third-order valence-corrected chi connectivity index (χ3v) is 4.29. The molecule has 0 saturated carbocycles. The minimum absolute atomic E-state index is 0. The molecule has 1 saturated heterocycles. The summed E-state index contributed by atoms with van der Waals surface area (Å²) >= 11 is 3.41. The van der Waals surface area contributed by atoms with E-state index in [1.165, 1.54) is 0 Å². The smallest absolute Gasteiger partial charge is 0.229 e. The van der Waals surface area contributed by atoms with Gasteiger partial charge < -0.3 is 10.6 Å². The topological polar surface area (TPSA) is 59.0 Å². The summed E-state index contributed by atoms with van der Waals surface area (Å²) in [5, 5.41) is 10.5. The molecule has 22 heavy (non-hydrogen) atoms. The van der Waals surface area contributed by atoms with Crippen molar-refractivity contribution in [2.24, 2.45) is 13.0 Å². The van der Waals surface area contributed by atoms with Crippen LogP contribution >= 0.6 is 28.3 Å². The molecular formula is C15H18BrClN4O. The van der Waals surface area contributed by atoms with Gasteiger partial charge in [0.05, 0.1) is 12.1 Å². The zero-order chi connectivity index (χ0) is 14.8. The van der Waals surface area contributed by atoms with Gasteiger partial charge in [-0.1, -0.05) is 22.0 Å². The predicted octanol–water partition coefficient (Wildman–Crippen LogP) is 2.55. The van der Waals surface area contributed by atoms with Crippen molar-refractivity contribution in [1.82, 2.24) is 15.1 Å². The van der Waals surface area contributed by atoms with Gasteiger partial charge in [-0.15, -0.1) is 12.4 Å². The molecule has 0 unspecified atom stereocenters. The molecule has 1 aliphatic rings. The number of nitrogens with zero attached hydrogens (tertiary/aromatic N) is 2. The Morgan fingerprint density at radius 1 is 1.45 bits per heavy atom. The highest BCUT2D eigenvalue weighted by atomic mass is 79.9. The van der Waals surface area contributed by atoms with Gasteiger partial charge in [-0.25, -0.2) is 0 Å². The minimum atomic E-state index is -0.0758. The normalized spacial score (nSPS) is 20.5. The number of hydrogen-bond donors (Lipinski definition) is 2. The molecule has 1 amide bonds. The molecule has 2 N–H and O–H groups in total. The van der Waals surface area contributed by atoms with E-state index >= 15 is 0 Å². The summed E-state index contributed by atoms with van der Waals surface area (Å²) in [7, 11) is 1.89. The molecule has 2 heterocycles. The summed E-state index contributed by atoms with van der Waals surface area (Å²) in [6.07, 6.45) is 3.83. The summed E-state index contributed by atoms with van der Waals surface area (Å²) in [6.45, 7) is 1.50. The van der Waals surface area contributed by atoms with Gasteiger partial charge in [0.2, 0.25) is 5.91 Å². The molecule has 2 aromatic rings. The standard InChI is InChI=1S/C15H17BrN4O.ClH/c1-20-9-10(6-18-20)13-7-17-8-14(13)15(21)19-12-4-2-3-11(16)5-12;/h2-6,9,13-14,17H,7-8H2,1H3,(H,19,21);1H/t13-,14+;/m1./s1. The van der Waals surface area contributed by atoms with E-state index in [0.29, 0.717) is 6.54 Å². The van der Waals surface area contributed by atoms with Gasteiger partial charge in [0.15, 0.2) is 0 Å². The number of hydrogen-bond acceptors (Lipinski definition) is 3. The number of nitrogens with one attached hydrogen (secondary N) is 2. The second kappa shape index (κ2) is 7.26. The van der Waals surface area contributed by atoms with Gasteiger partial charge >= 0.3 is 0 Å². The van der Waals surface area contributed by atoms with Crippen LogP contribution in [0.4, 0.5) is 5.69 Å². The Hall–Kier alpha value is -1.37. The van der Waals surface area contributed by atoms with Crippen molar-refractivity contribution >= 4 is 39.9 Å². The summed E-state index contributed by atoms with van der Waals surface area (Å²) < 4.78 is 2.73. The van der Waals surface area contributed by atoms with Crippen LogP contribution in [0.25, 0.3) is 0 Å². The van der Waals surface area contributed by atoms with Crippen molar-refractivity contribution in [1.29, 1.82) is 0 Å². The maximum absolute atomic E-state index is 12.5. The molecule has 5 nitrogen and oxygen atoms in total. The monoisotopic (exact) mass is 384 g/mol. The number of amides is 1. The van der Waals surface area contributed by atoms with Gasteiger partial charge in [0, 0.05) is 42.4 Å². The van der Waals surface area contributed by atoms with Gasteiger partial charge in [0.1, 0.15) is 0 Å². The molecule has 0 spiro atoms. The Balaban J connectivity index is 0.00000176. The van der Waals surface area contributed by atoms with Crippen LogP contribution < -0.4 is 10.6 Å². The van der Waals surface area contributed by atoms with E-state index in [-0.39, 0.29) is 30.2 Å². The van der Waals surface area contributed by atoms with Crippen LogP contribution in [0.2, 0.25) is 0 Å². The van der Waals surface area contributed by atoms with Crippen molar-refractivity contribution in [3.8, 4) is 0 Å². The Morgan fingerprint density at radius 2 is 2.27 bits per heavy atom. The lowest BCUT2D eigenvalue weighted by Crippen LogP contribution is -2.28. The SMILES string of the molecule is Cl.Cn1cc([C@H]2CNC[C@@H]2C(=O)Nc2cccc(Br)c2)cn1. The molecule has 1 aromatic carbocycles. The number of benzene rings is 1. The number of halogens is 2. The zero-order valence-electron chi connectivity index (χ0n) is 12.1. The molecule has 7 heteroatoms. The molecule has 3 rings (SSSR count). The number of carbonyl (C=O) groups excluding carboxylic acids is 1. The highest BCUT2D eigenvalue weighted by Crippen LogP contribution is 2.29. The number of rotatable bonds is 3. The minimum Gasteiger partial charge on any atom is -0.326 e. The molecule has 2 atom stereocenters. The van der Waals surface area contributed by atoms with Gasteiger partial charge in [0.25, 0.3) is 0 Å². The predicted molar refractivity (Wildman–Crippen MR) is 92.3 cm³/mol. The number of aryl methyl sites for hydroxylation is 1. The second-order valence-electron chi connectivity index (χ2n) is 5.32. The lowest BCUT2D eigenvalue weighted by atomic mass is 9.90. The molecule has 1 fully saturated rings. The fraction of sp³-hybridized carbons (Fsp3) is 0.333. The average Bonchev–Trinajstić information content (AvgIpc) is 3.06. The van der Waals surface area contributed by atoms with Crippen molar-refractivity contribution in [3.63, 3.8) is 0 Å². The van der Waals surface area contributed by atoms with Crippen molar-refractivity contribution < 1.29 is 4.79 Å². The second-order valence-corrected chi connectivity index (χ2v) is 6.23. The van der Waals surface area contributed by atoms with Crippen LogP contribution in [0.1, 0.15) is 11.5 Å². The lowest BCUT2D eigenvalue weighted by molar-refractivity contribution is -0.119. The van der Waals surface area contributed by atoms with E-state index in [9.17, 15) is 4.79 Å². The Morgan fingerprint density at radius 3 is 2.95 bits per heavy atom. The third-order valence-electron chi connectivity index (χ3n) is 3.80. The summed E-state index contributed by atoms with van der Waals surface area (Å²) in [6, 6.07) is 7.64. The van der Waals surface area contributed by atoms with Crippen LogP contribution in [-0.4, -0.2) is 28.8 Å². The van der Waals surface area contributed by atoms with Crippen molar-refractivity contribution in [2.45, 2.75) is 5.92 Å². The average molecular weight is 386 g/mol. The quantitative estimate of drug-likeness (QED) is 0.853. The maximum atomic E-state index is 12.5. The fourth-order valence-electron chi connectivity index (χ4n) is 2.74. The molecule has 0 radical (unpaired) electrons. The molecule has 0 aliphatic carbocycles. The first-order valence-electron chi connectivity index (χ1n) is 6.89. The van der Waals surface area contributed by atoms with E-state index in [1.807, 2.05) is 43.7 Å². The van der Waals surface area contributed by atoms with Crippen LogP contribution in [0.5, 0.6) is 0 Å². The largest absolute Gasteiger partial charge is 0.326 e. The molecule has 1 aliphatic heterocycles. The van der Waals surface area contributed by atoms with Crippen LogP contribution in [-0.2, 0) is 11.8 Å². The van der Waals surface area contributed by atoms with Crippen LogP contribution in [0.3, 0.4) is 0 Å². The van der Waals surface area contributed by atoms with Gasteiger partial charge in [-0.3, -0.25) is 9.48 Å². The van der Waals surface area contributed by atoms with Crippen LogP contribution in [0, 0.1) is 5.92 Å². The highest BCUT2D eigenvalue weighted by Gasteiger charge is 2.34. The summed E-state index contributed by atoms with van der Waals surface area (Å²) in [5.74, 6) is 0.144. The zero-order valence-corrected chi connectivity index (χ0v) is 14.5. The number of carbonyl (C=O) groups is 1. The first-order valence-corrected chi connectivity index (χ1v) is 7.68. The Kier molecular flexibility index (Phi) is 5.61. The first-order chi connectivity index (χ1) is 10.1. The van der Waals surface area contributed by atoms with E-state index < -0.39 is 0 Å². The summed E-state index contributed by atoms with van der Waals surface area (Å²) in [4.78, 5) is 12.5. The molecule has 1 aromatic heterocycles. The Bertz CT molecular complexity index is 660. The van der Waals surface area contributed by atoms with Crippen molar-refractivity contribution in [3.05, 3.63) is 46.7 Å². The van der Waals surface area contributed by atoms with E-state index in [4.69, 9.17) is 0 Å². The Labute approximate surface area is 144 Å². The highest BCUT2D eigenvalue weighted by molar-refractivity contribution is 9.10. The molecular weight excluding hydrogens is 368 g/mol. The van der Waals surface area contributed by atoms with Gasteiger partial charge in [-0.2, -0.15) is 5.10 Å². The van der Waals surface area contributed by atoms with Gasteiger partial charge in [-0.05, 0) is 23.8 Å². The molecule has 118 valence electrons. The van der Waals surface area contributed by atoms with Crippen molar-refractivity contribution in [2.75, 3.05) is 18.4 Å². The lowest BCUT2D eigenvalue weighted by Gasteiger charge is -2.17. The first kappa shape index (κ1) is 17.0. The van der Waals surface area contributed by atoms with E-state index in [2.05, 4.69) is 31.7 Å². The third kappa shape index (κ3) is 3.69. The molecule has 0 bridgehead atoms. The van der Waals surface area contributed by atoms with Crippen LogP contribution in [0.15, 0.2) is 41.1 Å². The maximum Gasteiger partial charge on any atom is 0.229 e. The van der Waals surface area contributed by atoms with E-state index in [1.54, 1.807) is 4.68 Å². The summed E-state index contributed by atoms with van der Waals surface area (Å²) in [5.41, 5.74) is 1.92. The fourth-order valence-corrected chi connectivity index (χ4v) is 3.14.